The summed E-state index contributed by atoms with van der Waals surface area (Å²) in [6.45, 7) is 1.27. The smallest absolute Gasteiger partial charge is 0.255 e. The van der Waals surface area contributed by atoms with Gasteiger partial charge in [-0.05, 0) is 48.4 Å². The fourth-order valence-electron chi connectivity index (χ4n) is 2.89. The fraction of sp³-hybridized carbons (Fsp3) is 0.300. The molecule has 1 unspecified atom stereocenters. The van der Waals surface area contributed by atoms with Crippen LogP contribution in [-0.2, 0) is 16.0 Å². The molecule has 7 heteroatoms. The van der Waals surface area contributed by atoms with Crippen LogP contribution in [0.2, 0.25) is 5.02 Å². The van der Waals surface area contributed by atoms with Crippen LogP contribution >= 0.6 is 11.6 Å². The molecular weight excluding hydrogens is 368 g/mol. The Hall–Kier alpha value is -2.57. The standard InChI is InChI=1S/C20H21ClN2O4/c1-26-8-7-22-19(24)15-9-14-11-17(5-6-18(14)27-12-15)23-20(25)13-3-2-4-16(21)10-13/h2-6,10-11,15H,7-9,12H2,1H3,(H,22,24)(H,23,25). The van der Waals surface area contributed by atoms with E-state index >= 15 is 0 Å². The van der Waals surface area contributed by atoms with E-state index in [9.17, 15) is 9.59 Å². The number of hydrogen-bond donors (Lipinski definition) is 2. The van der Waals surface area contributed by atoms with Crippen LogP contribution < -0.4 is 15.4 Å². The van der Waals surface area contributed by atoms with Crippen molar-refractivity contribution in [3.8, 4) is 5.75 Å². The molecule has 0 aromatic heterocycles. The summed E-state index contributed by atoms with van der Waals surface area (Å²) in [6.07, 6.45) is 0.551. The maximum absolute atomic E-state index is 12.4. The lowest BCUT2D eigenvalue weighted by atomic mass is 9.95. The molecular formula is C20H21ClN2O4. The van der Waals surface area contributed by atoms with Crippen molar-refractivity contribution in [2.75, 3.05) is 32.2 Å². The fourth-order valence-corrected chi connectivity index (χ4v) is 3.08. The van der Waals surface area contributed by atoms with Gasteiger partial charge in [0.2, 0.25) is 5.91 Å². The van der Waals surface area contributed by atoms with Crippen LogP contribution in [0.3, 0.4) is 0 Å². The summed E-state index contributed by atoms with van der Waals surface area (Å²) in [5.41, 5.74) is 2.01. The van der Waals surface area contributed by atoms with Crippen molar-refractivity contribution in [1.29, 1.82) is 0 Å². The zero-order valence-corrected chi connectivity index (χ0v) is 15.7. The summed E-state index contributed by atoms with van der Waals surface area (Å²) in [7, 11) is 1.59. The molecule has 2 amide bonds. The zero-order valence-electron chi connectivity index (χ0n) is 15.0. The number of halogens is 1. The average Bonchev–Trinajstić information content (AvgIpc) is 2.67. The van der Waals surface area contributed by atoms with E-state index < -0.39 is 0 Å². The first-order valence-corrected chi connectivity index (χ1v) is 9.04. The van der Waals surface area contributed by atoms with Gasteiger partial charge in [-0.25, -0.2) is 0 Å². The van der Waals surface area contributed by atoms with E-state index in [4.69, 9.17) is 21.1 Å². The van der Waals surface area contributed by atoms with Gasteiger partial charge in [0.1, 0.15) is 12.4 Å². The highest BCUT2D eigenvalue weighted by Crippen LogP contribution is 2.30. The van der Waals surface area contributed by atoms with Gasteiger partial charge in [-0.15, -0.1) is 0 Å². The van der Waals surface area contributed by atoms with E-state index in [-0.39, 0.29) is 17.7 Å². The average molecular weight is 389 g/mol. The van der Waals surface area contributed by atoms with Crippen molar-refractivity contribution in [3.05, 3.63) is 58.6 Å². The van der Waals surface area contributed by atoms with Crippen molar-refractivity contribution in [3.63, 3.8) is 0 Å². The number of rotatable bonds is 6. The van der Waals surface area contributed by atoms with Crippen molar-refractivity contribution in [2.24, 2.45) is 5.92 Å². The highest BCUT2D eigenvalue weighted by Gasteiger charge is 2.26. The topological polar surface area (TPSA) is 76.7 Å². The second-order valence-electron chi connectivity index (χ2n) is 6.28. The van der Waals surface area contributed by atoms with Gasteiger partial charge in [0.05, 0.1) is 12.5 Å². The Morgan fingerprint density at radius 1 is 1.26 bits per heavy atom. The van der Waals surface area contributed by atoms with Gasteiger partial charge in [-0.2, -0.15) is 0 Å². The molecule has 27 heavy (non-hydrogen) atoms. The normalized spacial score (nSPS) is 15.4. The predicted molar refractivity (Wildman–Crippen MR) is 103 cm³/mol. The molecule has 2 aromatic rings. The molecule has 0 aliphatic carbocycles. The first kappa shape index (κ1) is 19.2. The Labute approximate surface area is 162 Å². The molecule has 0 radical (unpaired) electrons. The van der Waals surface area contributed by atoms with Gasteiger partial charge in [0.25, 0.3) is 5.91 Å². The molecule has 1 heterocycles. The molecule has 0 saturated carbocycles. The minimum Gasteiger partial charge on any atom is -0.492 e. The van der Waals surface area contributed by atoms with Crippen LogP contribution in [-0.4, -0.2) is 38.7 Å². The number of benzene rings is 2. The third kappa shape index (κ3) is 4.99. The molecule has 142 valence electrons. The number of nitrogens with one attached hydrogen (secondary N) is 2. The van der Waals surface area contributed by atoms with Gasteiger partial charge in [-0.3, -0.25) is 9.59 Å². The summed E-state index contributed by atoms with van der Waals surface area (Å²) < 4.78 is 10.6. The Morgan fingerprint density at radius 2 is 2.11 bits per heavy atom. The largest absolute Gasteiger partial charge is 0.492 e. The minimum atomic E-state index is -0.270. The van der Waals surface area contributed by atoms with Gasteiger partial charge >= 0.3 is 0 Å². The lowest BCUT2D eigenvalue weighted by molar-refractivity contribution is -0.126. The van der Waals surface area contributed by atoms with E-state index in [0.717, 1.165) is 11.3 Å². The molecule has 0 bridgehead atoms. The van der Waals surface area contributed by atoms with E-state index in [1.807, 2.05) is 12.1 Å². The first-order chi connectivity index (χ1) is 13.1. The first-order valence-electron chi connectivity index (χ1n) is 8.66. The molecule has 2 N–H and O–H groups in total. The lowest BCUT2D eigenvalue weighted by Crippen LogP contribution is -2.38. The molecule has 1 aliphatic rings. The number of carbonyl (C=O) groups is 2. The van der Waals surface area contributed by atoms with Crippen LogP contribution in [0.5, 0.6) is 5.75 Å². The third-order valence-corrected chi connectivity index (χ3v) is 4.52. The summed E-state index contributed by atoms with van der Waals surface area (Å²) in [6, 6.07) is 12.2. The molecule has 2 aromatic carbocycles. The van der Waals surface area contributed by atoms with Crippen LogP contribution in [0.4, 0.5) is 5.69 Å². The number of amides is 2. The number of methoxy groups -OCH3 is 1. The highest BCUT2D eigenvalue weighted by molar-refractivity contribution is 6.31. The van der Waals surface area contributed by atoms with E-state index in [1.54, 1.807) is 37.4 Å². The Bertz CT molecular complexity index is 840. The molecule has 0 fully saturated rings. The molecule has 1 atom stereocenters. The number of anilines is 1. The van der Waals surface area contributed by atoms with Gasteiger partial charge in [-0.1, -0.05) is 17.7 Å². The number of fused-ring (bicyclic) bond motifs is 1. The van der Waals surface area contributed by atoms with Crippen molar-refractivity contribution >= 4 is 29.1 Å². The van der Waals surface area contributed by atoms with E-state index in [2.05, 4.69) is 10.6 Å². The molecule has 1 aliphatic heterocycles. The maximum atomic E-state index is 12.4. The summed E-state index contributed by atoms with van der Waals surface area (Å²) in [5, 5.41) is 6.19. The summed E-state index contributed by atoms with van der Waals surface area (Å²) in [5.74, 6) is 0.152. The van der Waals surface area contributed by atoms with Crippen molar-refractivity contribution in [2.45, 2.75) is 6.42 Å². The Morgan fingerprint density at radius 3 is 2.89 bits per heavy atom. The highest BCUT2D eigenvalue weighted by atomic mass is 35.5. The molecule has 0 spiro atoms. The number of ether oxygens (including phenoxy) is 2. The second kappa shape index (κ2) is 8.88. The van der Waals surface area contributed by atoms with Crippen LogP contribution in [0.25, 0.3) is 0 Å². The molecule has 6 nitrogen and oxygen atoms in total. The lowest BCUT2D eigenvalue weighted by Gasteiger charge is -2.25. The summed E-state index contributed by atoms with van der Waals surface area (Å²) >= 11 is 5.94. The number of hydrogen-bond acceptors (Lipinski definition) is 4. The number of carbonyl (C=O) groups excluding carboxylic acids is 2. The van der Waals surface area contributed by atoms with Crippen LogP contribution in [0.15, 0.2) is 42.5 Å². The van der Waals surface area contributed by atoms with Crippen molar-refractivity contribution < 1.29 is 19.1 Å². The molecule has 0 saturated heterocycles. The van der Waals surface area contributed by atoms with Crippen LogP contribution in [0.1, 0.15) is 15.9 Å². The maximum Gasteiger partial charge on any atom is 0.255 e. The SMILES string of the molecule is COCCNC(=O)C1COc2ccc(NC(=O)c3cccc(Cl)c3)cc2C1. The van der Waals surface area contributed by atoms with Gasteiger partial charge in [0, 0.05) is 29.9 Å². The monoisotopic (exact) mass is 388 g/mol. The Balaban J connectivity index is 1.66. The Kier molecular flexibility index (Phi) is 6.32. The van der Waals surface area contributed by atoms with Gasteiger partial charge in [0.15, 0.2) is 0 Å². The minimum absolute atomic E-state index is 0.0638. The summed E-state index contributed by atoms with van der Waals surface area (Å²) in [4.78, 5) is 24.6. The quantitative estimate of drug-likeness (QED) is 0.746. The second-order valence-corrected chi connectivity index (χ2v) is 6.72. The predicted octanol–water partition coefficient (Wildman–Crippen LogP) is 2.91. The molecule has 3 rings (SSSR count). The van der Waals surface area contributed by atoms with Gasteiger partial charge < -0.3 is 20.1 Å². The third-order valence-electron chi connectivity index (χ3n) is 4.29. The van der Waals surface area contributed by atoms with Crippen LogP contribution in [0, 0.1) is 5.92 Å². The van der Waals surface area contributed by atoms with Crippen molar-refractivity contribution in [1.82, 2.24) is 5.32 Å². The van der Waals surface area contributed by atoms with E-state index in [0.29, 0.717) is 42.5 Å². The zero-order chi connectivity index (χ0) is 19.2. The van der Waals surface area contributed by atoms with E-state index in [1.165, 1.54) is 0 Å².